The fourth-order valence-electron chi connectivity index (χ4n) is 2.72. The average molecular weight is 383 g/mol. The first kappa shape index (κ1) is 16.8. The van der Waals surface area contributed by atoms with Crippen molar-refractivity contribution >= 4 is 39.5 Å². The van der Waals surface area contributed by atoms with Crippen molar-refractivity contribution in [3.63, 3.8) is 0 Å². The summed E-state index contributed by atoms with van der Waals surface area (Å²) in [5.41, 5.74) is 3.36. The molecule has 2 N–H and O–H groups in total. The Morgan fingerprint density at radius 2 is 2.08 bits per heavy atom. The Bertz CT molecular complexity index is 1150. The van der Waals surface area contributed by atoms with Crippen LogP contribution in [-0.2, 0) is 6.54 Å². The summed E-state index contributed by atoms with van der Waals surface area (Å²) < 4.78 is 0. The molecule has 0 bridgehead atoms. The van der Waals surface area contributed by atoms with Gasteiger partial charge in [0.15, 0.2) is 0 Å². The van der Waals surface area contributed by atoms with Crippen molar-refractivity contribution < 1.29 is 0 Å². The minimum Gasteiger partial charge on any atom is -0.378 e. The van der Waals surface area contributed by atoms with Crippen molar-refractivity contribution in [2.75, 3.05) is 5.32 Å². The number of nitrogens with zero attached hydrogens (tertiary/aromatic N) is 2. The Kier molecular flexibility index (Phi) is 4.44. The van der Waals surface area contributed by atoms with Gasteiger partial charge in [-0.2, -0.15) is 0 Å². The van der Waals surface area contributed by atoms with E-state index in [9.17, 15) is 4.79 Å². The van der Waals surface area contributed by atoms with Gasteiger partial charge in [0.1, 0.15) is 5.82 Å². The number of hydrogen-bond acceptors (Lipinski definition) is 5. The second-order valence-electron chi connectivity index (χ2n) is 5.86. The van der Waals surface area contributed by atoms with Crippen LogP contribution in [0.5, 0.6) is 0 Å². The predicted octanol–water partition coefficient (Wildman–Crippen LogP) is 4.62. The van der Waals surface area contributed by atoms with E-state index in [0.29, 0.717) is 28.3 Å². The largest absolute Gasteiger partial charge is 0.378 e. The zero-order chi connectivity index (χ0) is 18.1. The molecule has 2 heterocycles. The molecule has 130 valence electrons. The maximum absolute atomic E-state index is 12.2. The van der Waals surface area contributed by atoms with E-state index in [1.165, 1.54) is 0 Å². The van der Waals surface area contributed by atoms with Crippen LogP contribution in [0.25, 0.3) is 22.2 Å². The van der Waals surface area contributed by atoms with Gasteiger partial charge in [-0.3, -0.25) is 4.79 Å². The monoisotopic (exact) mass is 382 g/mol. The van der Waals surface area contributed by atoms with Crippen molar-refractivity contribution in [2.45, 2.75) is 13.5 Å². The van der Waals surface area contributed by atoms with Gasteiger partial charge in [-0.25, -0.2) is 9.97 Å². The molecule has 0 aliphatic heterocycles. The summed E-state index contributed by atoms with van der Waals surface area (Å²) in [6, 6.07) is 13.1. The lowest BCUT2D eigenvalue weighted by atomic mass is 10.1. The first-order valence-electron chi connectivity index (χ1n) is 8.03. The van der Waals surface area contributed by atoms with E-state index in [1.54, 1.807) is 29.5 Å². The highest BCUT2D eigenvalue weighted by Gasteiger charge is 2.06. The number of hydrogen-bond donors (Lipinski definition) is 2. The third kappa shape index (κ3) is 3.47. The van der Waals surface area contributed by atoms with Crippen LogP contribution in [0.3, 0.4) is 0 Å². The van der Waals surface area contributed by atoms with E-state index >= 15 is 0 Å². The second-order valence-corrected chi connectivity index (χ2v) is 7.36. The van der Waals surface area contributed by atoms with Gasteiger partial charge in [0, 0.05) is 21.7 Å². The first-order chi connectivity index (χ1) is 12.6. The standard InChI is InChI=1S/C19H15ClN4OS/c1-11-22-17(10-26-11)12-3-2-4-14(7-12)21-9-18-23-16-8-13(20)5-6-15(16)19(25)24-18/h2-8,10,21H,9H2,1H3,(H,23,24,25). The van der Waals surface area contributed by atoms with Gasteiger partial charge in [-0.1, -0.05) is 23.7 Å². The first-order valence-corrected chi connectivity index (χ1v) is 9.29. The van der Waals surface area contributed by atoms with Crippen LogP contribution < -0.4 is 10.9 Å². The third-order valence-corrected chi connectivity index (χ3v) is 4.96. The van der Waals surface area contributed by atoms with Gasteiger partial charge in [0.05, 0.1) is 28.1 Å². The van der Waals surface area contributed by atoms with Crippen LogP contribution >= 0.6 is 22.9 Å². The van der Waals surface area contributed by atoms with Crippen LogP contribution in [0, 0.1) is 6.92 Å². The summed E-state index contributed by atoms with van der Waals surface area (Å²) in [4.78, 5) is 24.0. The Balaban J connectivity index is 1.57. The second kappa shape index (κ2) is 6.90. The molecule has 4 aromatic rings. The topological polar surface area (TPSA) is 70.7 Å². The zero-order valence-corrected chi connectivity index (χ0v) is 15.5. The number of anilines is 1. The summed E-state index contributed by atoms with van der Waals surface area (Å²) in [5.74, 6) is 0.555. The minimum absolute atomic E-state index is 0.171. The Morgan fingerprint density at radius 1 is 1.19 bits per heavy atom. The van der Waals surface area contributed by atoms with E-state index in [1.807, 2.05) is 36.6 Å². The molecule has 0 saturated carbocycles. The van der Waals surface area contributed by atoms with E-state index < -0.39 is 0 Å². The quantitative estimate of drug-likeness (QED) is 0.540. The number of H-pyrrole nitrogens is 1. The molecule has 0 amide bonds. The van der Waals surface area contributed by atoms with Gasteiger partial charge in [0.25, 0.3) is 5.56 Å². The number of nitrogens with one attached hydrogen (secondary N) is 2. The fraction of sp³-hybridized carbons (Fsp3) is 0.105. The molecule has 2 aromatic carbocycles. The third-order valence-electron chi connectivity index (χ3n) is 3.95. The number of aromatic amines is 1. The van der Waals surface area contributed by atoms with Gasteiger partial charge >= 0.3 is 0 Å². The normalized spacial score (nSPS) is 11.0. The minimum atomic E-state index is -0.171. The van der Waals surface area contributed by atoms with E-state index in [-0.39, 0.29) is 5.56 Å². The molecule has 0 radical (unpaired) electrons. The lowest BCUT2D eigenvalue weighted by molar-refractivity contribution is 0.953. The van der Waals surface area contributed by atoms with Crippen molar-refractivity contribution in [3.05, 3.63) is 74.1 Å². The molecule has 0 aliphatic carbocycles. The van der Waals surface area contributed by atoms with E-state index in [2.05, 4.69) is 20.3 Å². The Morgan fingerprint density at radius 3 is 2.88 bits per heavy atom. The average Bonchev–Trinajstić information content (AvgIpc) is 3.06. The van der Waals surface area contributed by atoms with Gasteiger partial charge in [-0.15, -0.1) is 11.3 Å². The molecular weight excluding hydrogens is 368 g/mol. The molecule has 0 fully saturated rings. The van der Waals surface area contributed by atoms with Crippen molar-refractivity contribution in [3.8, 4) is 11.3 Å². The number of fused-ring (bicyclic) bond motifs is 1. The van der Waals surface area contributed by atoms with Gasteiger partial charge in [-0.05, 0) is 37.3 Å². The van der Waals surface area contributed by atoms with Crippen molar-refractivity contribution in [1.82, 2.24) is 15.0 Å². The van der Waals surface area contributed by atoms with Crippen LogP contribution in [0.15, 0.2) is 52.6 Å². The summed E-state index contributed by atoms with van der Waals surface area (Å²) in [6.07, 6.45) is 0. The molecule has 0 atom stereocenters. The highest BCUT2D eigenvalue weighted by atomic mass is 35.5. The van der Waals surface area contributed by atoms with E-state index in [0.717, 1.165) is 22.0 Å². The molecule has 7 heteroatoms. The summed E-state index contributed by atoms with van der Waals surface area (Å²) in [5, 5.41) is 7.46. The Labute approximate surface area is 158 Å². The lowest BCUT2D eigenvalue weighted by Gasteiger charge is -2.08. The highest BCUT2D eigenvalue weighted by Crippen LogP contribution is 2.24. The summed E-state index contributed by atoms with van der Waals surface area (Å²) >= 11 is 7.63. The molecule has 26 heavy (non-hydrogen) atoms. The summed E-state index contributed by atoms with van der Waals surface area (Å²) in [7, 11) is 0. The van der Waals surface area contributed by atoms with Crippen LogP contribution in [0.2, 0.25) is 5.02 Å². The zero-order valence-electron chi connectivity index (χ0n) is 13.9. The van der Waals surface area contributed by atoms with Crippen LogP contribution in [0.4, 0.5) is 5.69 Å². The number of halogens is 1. The number of benzene rings is 2. The highest BCUT2D eigenvalue weighted by molar-refractivity contribution is 7.09. The van der Waals surface area contributed by atoms with Crippen LogP contribution in [0.1, 0.15) is 10.8 Å². The number of aryl methyl sites for hydroxylation is 1. The number of thiazole rings is 1. The van der Waals surface area contributed by atoms with Gasteiger partial charge < -0.3 is 10.3 Å². The molecule has 0 saturated heterocycles. The molecule has 0 aliphatic rings. The SMILES string of the molecule is Cc1nc(-c2cccc(NCc3nc4cc(Cl)ccc4c(=O)[nH]3)c2)cs1. The molecule has 4 rings (SSSR count). The Hall–Kier alpha value is -2.70. The lowest BCUT2D eigenvalue weighted by Crippen LogP contribution is -2.14. The van der Waals surface area contributed by atoms with E-state index in [4.69, 9.17) is 11.6 Å². The van der Waals surface area contributed by atoms with Crippen LogP contribution in [-0.4, -0.2) is 15.0 Å². The van der Waals surface area contributed by atoms with Gasteiger partial charge in [0.2, 0.25) is 0 Å². The predicted molar refractivity (Wildman–Crippen MR) is 107 cm³/mol. The molecule has 0 spiro atoms. The molecule has 2 aromatic heterocycles. The maximum Gasteiger partial charge on any atom is 0.258 e. The fourth-order valence-corrected chi connectivity index (χ4v) is 3.50. The molecule has 0 unspecified atom stereocenters. The summed E-state index contributed by atoms with van der Waals surface area (Å²) in [6.45, 7) is 2.39. The van der Waals surface area contributed by atoms with Crippen molar-refractivity contribution in [1.29, 1.82) is 0 Å². The maximum atomic E-state index is 12.2. The van der Waals surface area contributed by atoms with Crippen molar-refractivity contribution in [2.24, 2.45) is 0 Å². The number of aromatic nitrogens is 3. The smallest absolute Gasteiger partial charge is 0.258 e. The molecule has 5 nitrogen and oxygen atoms in total. The number of rotatable bonds is 4. The molecular formula is C19H15ClN4OS.